The zero-order valence-corrected chi connectivity index (χ0v) is 13.6. The van der Waals surface area contributed by atoms with Crippen molar-refractivity contribution in [1.82, 2.24) is 10.6 Å². The molecule has 7 heteroatoms. The number of aliphatic imine (C=N–C) groups is 1. The molecule has 0 bridgehead atoms. The lowest BCUT2D eigenvalue weighted by Crippen LogP contribution is -2.53. The van der Waals surface area contributed by atoms with Gasteiger partial charge >= 0.3 is 0 Å². The molecule has 1 heterocycles. The minimum atomic E-state index is -1.05. The topological polar surface area (TPSA) is 62.4 Å². The van der Waals surface area contributed by atoms with Crippen molar-refractivity contribution in [3.8, 4) is 0 Å². The summed E-state index contributed by atoms with van der Waals surface area (Å²) in [6.45, 7) is 0. The van der Waals surface area contributed by atoms with Gasteiger partial charge in [0, 0.05) is 22.3 Å². The summed E-state index contributed by atoms with van der Waals surface area (Å²) in [4.78, 5) is 4.31. The first kappa shape index (κ1) is 14.2. The molecule has 1 aliphatic carbocycles. The molecule has 20 heavy (non-hydrogen) atoms. The smallest absolute Gasteiger partial charge is 0.210 e. The molecule has 1 aromatic rings. The van der Waals surface area contributed by atoms with Crippen LogP contribution in [0.4, 0.5) is 0 Å². The van der Waals surface area contributed by atoms with Crippen molar-refractivity contribution in [2.24, 2.45) is 10.7 Å². The maximum Gasteiger partial charge on any atom is 0.210 e. The SMILES string of the molecule is NC1(c2ccc(Cl)c(Br)c2)N=CC(Cl)=C(NC2CC2)N1. The quantitative estimate of drug-likeness (QED) is 0.760. The first-order valence-corrected chi connectivity index (χ1v) is 7.77. The lowest BCUT2D eigenvalue weighted by molar-refractivity contribution is 0.380. The third kappa shape index (κ3) is 2.81. The van der Waals surface area contributed by atoms with Crippen molar-refractivity contribution in [2.45, 2.75) is 24.7 Å². The van der Waals surface area contributed by atoms with Crippen molar-refractivity contribution in [3.63, 3.8) is 0 Å². The van der Waals surface area contributed by atoms with Crippen LogP contribution in [-0.4, -0.2) is 12.3 Å². The number of rotatable bonds is 3. The van der Waals surface area contributed by atoms with Gasteiger partial charge in [-0.25, -0.2) is 4.99 Å². The molecule has 0 amide bonds. The highest BCUT2D eigenvalue weighted by Crippen LogP contribution is 2.30. The fourth-order valence-corrected chi connectivity index (χ4v) is 2.57. The van der Waals surface area contributed by atoms with Gasteiger partial charge in [-0.15, -0.1) is 0 Å². The van der Waals surface area contributed by atoms with E-state index in [1.165, 1.54) is 0 Å². The van der Waals surface area contributed by atoms with Gasteiger partial charge in [0.25, 0.3) is 0 Å². The minimum absolute atomic E-state index is 0.471. The van der Waals surface area contributed by atoms with Crippen molar-refractivity contribution >= 4 is 45.3 Å². The first-order valence-electron chi connectivity index (χ1n) is 6.22. The van der Waals surface area contributed by atoms with Crippen LogP contribution in [0.5, 0.6) is 0 Å². The monoisotopic (exact) mass is 374 g/mol. The van der Waals surface area contributed by atoms with Crippen LogP contribution in [0.15, 0.2) is 38.5 Å². The maximum absolute atomic E-state index is 6.34. The molecule has 106 valence electrons. The molecule has 2 aliphatic rings. The van der Waals surface area contributed by atoms with E-state index in [9.17, 15) is 0 Å². The molecule has 1 unspecified atom stereocenters. The van der Waals surface area contributed by atoms with Crippen LogP contribution in [0, 0.1) is 0 Å². The fourth-order valence-electron chi connectivity index (χ4n) is 1.92. The van der Waals surface area contributed by atoms with Crippen molar-refractivity contribution in [1.29, 1.82) is 0 Å². The summed E-state index contributed by atoms with van der Waals surface area (Å²) < 4.78 is 0.774. The number of hydrogen-bond donors (Lipinski definition) is 3. The Morgan fingerprint density at radius 2 is 2.15 bits per heavy atom. The molecular weight excluding hydrogens is 363 g/mol. The van der Waals surface area contributed by atoms with Crippen LogP contribution in [0.25, 0.3) is 0 Å². The molecule has 3 rings (SSSR count). The number of allylic oxidation sites excluding steroid dienone is 1. The van der Waals surface area contributed by atoms with Crippen LogP contribution < -0.4 is 16.4 Å². The molecule has 0 aromatic heterocycles. The van der Waals surface area contributed by atoms with Gasteiger partial charge in [0.15, 0.2) is 0 Å². The number of nitrogens with zero attached hydrogens (tertiary/aromatic N) is 1. The highest BCUT2D eigenvalue weighted by Gasteiger charge is 2.33. The number of benzene rings is 1. The molecule has 0 radical (unpaired) electrons. The molecule has 1 aliphatic heterocycles. The Hall–Kier alpha value is -0.750. The number of nitrogens with one attached hydrogen (secondary N) is 2. The largest absolute Gasteiger partial charge is 0.368 e. The second-order valence-electron chi connectivity index (χ2n) is 4.92. The molecule has 4 N–H and O–H groups in total. The summed E-state index contributed by atoms with van der Waals surface area (Å²) in [6.07, 6.45) is 3.87. The number of hydrogen-bond acceptors (Lipinski definition) is 4. The third-order valence-corrected chi connectivity index (χ3v) is 4.72. The van der Waals surface area contributed by atoms with Crippen molar-refractivity contribution in [3.05, 3.63) is 44.1 Å². The highest BCUT2D eigenvalue weighted by molar-refractivity contribution is 9.10. The average Bonchev–Trinajstić information content (AvgIpc) is 3.21. The third-order valence-electron chi connectivity index (χ3n) is 3.22. The van der Waals surface area contributed by atoms with Crippen molar-refractivity contribution < 1.29 is 0 Å². The summed E-state index contributed by atoms with van der Waals surface area (Å²) in [5.74, 6) is -0.333. The van der Waals surface area contributed by atoms with E-state index in [1.54, 1.807) is 12.3 Å². The first-order chi connectivity index (χ1) is 9.48. The summed E-state index contributed by atoms with van der Waals surface area (Å²) in [5.41, 5.74) is 7.14. The predicted octanol–water partition coefficient (Wildman–Crippen LogP) is 3.01. The molecule has 0 saturated heterocycles. The summed E-state index contributed by atoms with van der Waals surface area (Å²) in [5, 5.41) is 7.65. The highest BCUT2D eigenvalue weighted by atomic mass is 79.9. The lowest BCUT2D eigenvalue weighted by atomic mass is 10.1. The Kier molecular flexibility index (Phi) is 3.71. The van der Waals surface area contributed by atoms with E-state index < -0.39 is 5.79 Å². The second-order valence-corrected chi connectivity index (χ2v) is 6.59. The second kappa shape index (κ2) is 5.22. The Balaban J connectivity index is 1.89. The maximum atomic E-state index is 6.34. The van der Waals surface area contributed by atoms with Gasteiger partial charge < -0.3 is 10.6 Å². The van der Waals surface area contributed by atoms with Gasteiger partial charge in [-0.2, -0.15) is 0 Å². The van der Waals surface area contributed by atoms with Crippen molar-refractivity contribution in [2.75, 3.05) is 0 Å². The lowest BCUT2D eigenvalue weighted by Gasteiger charge is -2.32. The van der Waals surface area contributed by atoms with E-state index in [0.29, 0.717) is 16.1 Å². The molecule has 4 nitrogen and oxygen atoms in total. The van der Waals surface area contributed by atoms with E-state index in [2.05, 4.69) is 31.6 Å². The van der Waals surface area contributed by atoms with E-state index >= 15 is 0 Å². The standard InChI is InChI=1S/C13H13BrCl2N4/c14-9-5-7(1-4-10(9)15)13(17)18-6-11(16)12(20-13)19-8-2-3-8/h1,4-6,8,19-20H,2-3,17H2. The minimum Gasteiger partial charge on any atom is -0.368 e. The molecule has 1 aromatic carbocycles. The molecule has 1 fully saturated rings. The van der Waals surface area contributed by atoms with E-state index in [0.717, 1.165) is 28.7 Å². The predicted molar refractivity (Wildman–Crippen MR) is 85.7 cm³/mol. The van der Waals surface area contributed by atoms with Crippen LogP contribution >= 0.6 is 39.1 Å². The summed E-state index contributed by atoms with van der Waals surface area (Å²) in [7, 11) is 0. The van der Waals surface area contributed by atoms with Gasteiger partial charge in [-0.1, -0.05) is 29.3 Å². The normalized spacial score (nSPS) is 25.6. The Bertz CT molecular complexity index is 612. The molecule has 1 saturated carbocycles. The number of halogens is 3. The zero-order valence-electron chi connectivity index (χ0n) is 10.5. The van der Waals surface area contributed by atoms with E-state index in [4.69, 9.17) is 28.9 Å². The molecular formula is C13H13BrCl2N4. The van der Waals surface area contributed by atoms with E-state index in [1.807, 2.05) is 12.1 Å². The summed E-state index contributed by atoms with van der Waals surface area (Å²) in [6, 6.07) is 5.94. The fraction of sp³-hybridized carbons (Fsp3) is 0.308. The zero-order chi connectivity index (χ0) is 14.3. The molecule has 0 spiro atoms. The number of nitrogens with two attached hydrogens (primary N) is 1. The molecule has 1 atom stereocenters. The van der Waals surface area contributed by atoms with Crippen LogP contribution in [0.3, 0.4) is 0 Å². The van der Waals surface area contributed by atoms with Gasteiger partial charge in [-0.3, -0.25) is 5.73 Å². The summed E-state index contributed by atoms with van der Waals surface area (Å²) >= 11 is 15.5. The Morgan fingerprint density at radius 3 is 2.80 bits per heavy atom. The Morgan fingerprint density at radius 1 is 1.40 bits per heavy atom. The average molecular weight is 376 g/mol. The van der Waals surface area contributed by atoms with Crippen LogP contribution in [-0.2, 0) is 5.79 Å². The van der Waals surface area contributed by atoms with Crippen LogP contribution in [0.2, 0.25) is 5.02 Å². The van der Waals surface area contributed by atoms with E-state index in [-0.39, 0.29) is 0 Å². The van der Waals surface area contributed by atoms with Gasteiger partial charge in [0.05, 0.1) is 10.1 Å². The van der Waals surface area contributed by atoms with Gasteiger partial charge in [0.1, 0.15) is 5.82 Å². The van der Waals surface area contributed by atoms with Crippen LogP contribution in [0.1, 0.15) is 18.4 Å². The Labute approximate surface area is 135 Å². The van der Waals surface area contributed by atoms with Gasteiger partial charge in [-0.05, 0) is 40.9 Å². The van der Waals surface area contributed by atoms with Gasteiger partial charge in [0.2, 0.25) is 5.79 Å².